The third-order valence-corrected chi connectivity index (χ3v) is 6.65. The summed E-state index contributed by atoms with van der Waals surface area (Å²) in [4.78, 5) is 1.32. The molecule has 0 bridgehead atoms. The van der Waals surface area contributed by atoms with Crippen LogP contribution in [0.15, 0.2) is 16.3 Å². The van der Waals surface area contributed by atoms with Crippen LogP contribution in [0.3, 0.4) is 0 Å². The summed E-state index contributed by atoms with van der Waals surface area (Å²) in [7, 11) is -1.73. The molecule has 5 nitrogen and oxygen atoms in total. The van der Waals surface area contributed by atoms with Gasteiger partial charge in [-0.25, -0.2) is 8.42 Å². The quantitative estimate of drug-likeness (QED) is 0.866. The average molecular weight is 318 g/mol. The molecule has 0 aliphatic carbocycles. The first-order valence-electron chi connectivity index (χ1n) is 6.90. The third-order valence-electron chi connectivity index (χ3n) is 3.60. The lowest BCUT2D eigenvalue weighted by Gasteiger charge is -2.30. The van der Waals surface area contributed by atoms with E-state index in [9.17, 15) is 8.42 Å². The minimum Gasteiger partial charge on any atom is -0.381 e. The highest BCUT2D eigenvalue weighted by Crippen LogP contribution is 2.27. The Bertz CT molecular complexity index is 521. The van der Waals surface area contributed by atoms with Crippen molar-refractivity contribution in [3.05, 3.63) is 16.3 Å². The molecule has 0 radical (unpaired) electrons. The van der Waals surface area contributed by atoms with E-state index in [1.165, 1.54) is 15.6 Å². The number of nitrogens with one attached hydrogen (secondary N) is 1. The third kappa shape index (κ3) is 3.40. The van der Waals surface area contributed by atoms with E-state index < -0.39 is 10.0 Å². The second kappa shape index (κ2) is 7.00. The van der Waals surface area contributed by atoms with Crippen LogP contribution in [0.25, 0.3) is 0 Å². The fourth-order valence-corrected chi connectivity index (χ4v) is 5.12. The molecule has 1 aromatic heterocycles. The Hall–Kier alpha value is -0.470. The fraction of sp³-hybridized carbons (Fsp3) is 0.692. The first-order valence-corrected chi connectivity index (χ1v) is 9.22. The highest BCUT2D eigenvalue weighted by atomic mass is 32.2. The van der Waals surface area contributed by atoms with Crippen LogP contribution >= 0.6 is 11.3 Å². The standard InChI is InChI=1S/C13H22N2O3S2/c1-3-14-10-12-13(6-9-19-12)20(16,17)15(2)11-4-7-18-8-5-11/h6,9,11,14H,3-5,7-8,10H2,1-2H3. The highest BCUT2D eigenvalue weighted by molar-refractivity contribution is 7.89. The predicted octanol–water partition coefficient (Wildman–Crippen LogP) is 1.66. The maximum atomic E-state index is 12.7. The zero-order valence-corrected chi connectivity index (χ0v) is 13.6. The van der Waals surface area contributed by atoms with E-state index in [1.54, 1.807) is 13.1 Å². The molecule has 0 amide bonds. The molecule has 0 unspecified atom stereocenters. The van der Waals surface area contributed by atoms with Gasteiger partial charge in [-0.15, -0.1) is 11.3 Å². The summed E-state index contributed by atoms with van der Waals surface area (Å²) >= 11 is 1.49. The van der Waals surface area contributed by atoms with Crippen molar-refractivity contribution in [2.24, 2.45) is 0 Å². The summed E-state index contributed by atoms with van der Waals surface area (Å²) in [6.45, 7) is 4.71. The molecule has 0 spiro atoms. The molecule has 1 saturated heterocycles. The van der Waals surface area contributed by atoms with E-state index >= 15 is 0 Å². The van der Waals surface area contributed by atoms with Gasteiger partial charge in [-0.2, -0.15) is 4.31 Å². The smallest absolute Gasteiger partial charge is 0.244 e. The normalized spacial score (nSPS) is 17.8. The van der Waals surface area contributed by atoms with E-state index in [0.717, 1.165) is 24.3 Å². The number of nitrogens with zero attached hydrogens (tertiary/aromatic N) is 1. The van der Waals surface area contributed by atoms with Gasteiger partial charge >= 0.3 is 0 Å². The maximum absolute atomic E-state index is 12.7. The molecular formula is C13H22N2O3S2. The Morgan fingerprint density at radius 1 is 1.45 bits per heavy atom. The van der Waals surface area contributed by atoms with Crippen LogP contribution in [0, 0.1) is 0 Å². The van der Waals surface area contributed by atoms with Crippen molar-refractivity contribution in [1.29, 1.82) is 0 Å². The van der Waals surface area contributed by atoms with Crippen LogP contribution < -0.4 is 5.32 Å². The van der Waals surface area contributed by atoms with Crippen molar-refractivity contribution >= 4 is 21.4 Å². The highest BCUT2D eigenvalue weighted by Gasteiger charge is 2.31. The second-order valence-electron chi connectivity index (χ2n) is 4.85. The van der Waals surface area contributed by atoms with Gasteiger partial charge in [0, 0.05) is 37.7 Å². The van der Waals surface area contributed by atoms with E-state index in [-0.39, 0.29) is 6.04 Å². The SMILES string of the molecule is CCNCc1sccc1S(=O)(=O)N(C)C1CCOCC1. The van der Waals surface area contributed by atoms with E-state index in [2.05, 4.69) is 5.32 Å². The predicted molar refractivity (Wildman–Crippen MR) is 80.5 cm³/mol. The monoisotopic (exact) mass is 318 g/mol. The molecule has 1 aliphatic rings. The Balaban J connectivity index is 2.18. The lowest BCUT2D eigenvalue weighted by Crippen LogP contribution is -2.40. The van der Waals surface area contributed by atoms with E-state index in [4.69, 9.17) is 4.74 Å². The number of rotatable bonds is 6. The number of hydrogen-bond donors (Lipinski definition) is 1. The van der Waals surface area contributed by atoms with E-state index in [0.29, 0.717) is 24.7 Å². The van der Waals surface area contributed by atoms with Gasteiger partial charge in [0.15, 0.2) is 0 Å². The lowest BCUT2D eigenvalue weighted by atomic mass is 10.1. The minimum atomic E-state index is -3.41. The molecule has 0 aromatic carbocycles. The first kappa shape index (κ1) is 15.9. The lowest BCUT2D eigenvalue weighted by molar-refractivity contribution is 0.0632. The van der Waals surface area contributed by atoms with Crippen LogP contribution in [0.4, 0.5) is 0 Å². The summed E-state index contributed by atoms with van der Waals surface area (Å²) in [5, 5.41) is 5.03. The summed E-state index contributed by atoms with van der Waals surface area (Å²) in [6, 6.07) is 1.75. The summed E-state index contributed by atoms with van der Waals surface area (Å²) in [5.74, 6) is 0. The molecule has 1 aliphatic heterocycles. The van der Waals surface area contributed by atoms with Crippen molar-refractivity contribution in [2.75, 3.05) is 26.8 Å². The topological polar surface area (TPSA) is 58.6 Å². The van der Waals surface area contributed by atoms with Crippen molar-refractivity contribution in [1.82, 2.24) is 9.62 Å². The van der Waals surface area contributed by atoms with Crippen LogP contribution in [0.5, 0.6) is 0 Å². The van der Waals surface area contributed by atoms with Crippen LogP contribution in [0.1, 0.15) is 24.6 Å². The maximum Gasteiger partial charge on any atom is 0.244 e. The first-order chi connectivity index (χ1) is 9.57. The number of sulfonamides is 1. The zero-order valence-electron chi connectivity index (χ0n) is 12.0. The van der Waals surface area contributed by atoms with Crippen molar-refractivity contribution in [3.8, 4) is 0 Å². The van der Waals surface area contributed by atoms with Gasteiger partial charge in [0.05, 0.1) is 4.90 Å². The fourth-order valence-electron chi connectivity index (χ4n) is 2.33. The Labute approximate surface area is 125 Å². The van der Waals surface area contributed by atoms with Gasteiger partial charge in [0.2, 0.25) is 10.0 Å². The summed E-state index contributed by atoms with van der Waals surface area (Å²) < 4.78 is 32.3. The molecule has 0 atom stereocenters. The number of ether oxygens (including phenoxy) is 1. The number of thiophene rings is 1. The second-order valence-corrected chi connectivity index (χ2v) is 7.82. The largest absolute Gasteiger partial charge is 0.381 e. The summed E-state index contributed by atoms with van der Waals surface area (Å²) in [6.07, 6.45) is 1.53. The Kier molecular flexibility index (Phi) is 5.57. The van der Waals surface area contributed by atoms with E-state index in [1.807, 2.05) is 12.3 Å². The summed E-state index contributed by atoms with van der Waals surface area (Å²) in [5.41, 5.74) is 0. The van der Waals surface area contributed by atoms with Crippen LogP contribution in [0.2, 0.25) is 0 Å². The number of hydrogen-bond acceptors (Lipinski definition) is 5. The molecule has 20 heavy (non-hydrogen) atoms. The van der Waals surface area contributed by atoms with Gasteiger partial charge < -0.3 is 10.1 Å². The molecule has 114 valence electrons. The van der Waals surface area contributed by atoms with Crippen molar-refractivity contribution in [2.45, 2.75) is 37.2 Å². The van der Waals surface area contributed by atoms with Gasteiger partial charge in [-0.05, 0) is 30.8 Å². The van der Waals surface area contributed by atoms with Gasteiger partial charge in [0.25, 0.3) is 0 Å². The van der Waals surface area contributed by atoms with Gasteiger partial charge in [0.1, 0.15) is 0 Å². The van der Waals surface area contributed by atoms with Gasteiger partial charge in [-0.1, -0.05) is 6.92 Å². The molecule has 1 N–H and O–H groups in total. The van der Waals surface area contributed by atoms with Gasteiger partial charge in [-0.3, -0.25) is 0 Å². The Morgan fingerprint density at radius 3 is 2.80 bits per heavy atom. The zero-order chi connectivity index (χ0) is 14.6. The van der Waals surface area contributed by atoms with Crippen molar-refractivity contribution in [3.63, 3.8) is 0 Å². The van der Waals surface area contributed by atoms with Crippen LogP contribution in [-0.4, -0.2) is 45.6 Å². The van der Waals surface area contributed by atoms with Crippen molar-refractivity contribution < 1.29 is 13.2 Å². The molecule has 2 rings (SSSR count). The molecule has 7 heteroatoms. The molecule has 1 fully saturated rings. The minimum absolute atomic E-state index is 0.0423. The molecule has 2 heterocycles. The molecular weight excluding hydrogens is 296 g/mol. The molecule has 0 saturated carbocycles. The Morgan fingerprint density at radius 2 is 2.15 bits per heavy atom. The van der Waals surface area contributed by atoms with Crippen LogP contribution in [-0.2, 0) is 21.3 Å². The average Bonchev–Trinajstić information content (AvgIpc) is 2.94. The molecule has 1 aromatic rings.